The predicted octanol–water partition coefficient (Wildman–Crippen LogP) is 0.446. The van der Waals surface area contributed by atoms with E-state index in [1.807, 2.05) is 31.0 Å². The van der Waals surface area contributed by atoms with Crippen molar-refractivity contribution in [2.45, 2.75) is 26.0 Å². The van der Waals surface area contributed by atoms with Crippen molar-refractivity contribution in [3.05, 3.63) is 29.7 Å². The first kappa shape index (κ1) is 15.8. The van der Waals surface area contributed by atoms with E-state index in [-0.39, 0.29) is 11.9 Å². The number of carbonyl (C=O) groups is 1. The quantitative estimate of drug-likeness (QED) is 0.855. The number of ether oxygens (including phenoxy) is 1. The molecule has 7 heteroatoms. The average molecular weight is 318 g/mol. The fraction of sp³-hybridized carbons (Fsp3) is 0.500. The van der Waals surface area contributed by atoms with Gasteiger partial charge in [0.05, 0.1) is 24.4 Å². The molecule has 1 aliphatic rings. The second-order valence-corrected chi connectivity index (χ2v) is 5.91. The molecule has 23 heavy (non-hydrogen) atoms. The lowest BCUT2D eigenvalue weighted by molar-refractivity contribution is 0.0882. The molecule has 0 aromatic carbocycles. The summed E-state index contributed by atoms with van der Waals surface area (Å²) >= 11 is 0. The Morgan fingerprint density at radius 2 is 2.30 bits per heavy atom. The predicted molar refractivity (Wildman–Crippen MR) is 85.9 cm³/mol. The van der Waals surface area contributed by atoms with Crippen LogP contribution in [0.5, 0.6) is 5.75 Å². The minimum Gasteiger partial charge on any atom is -0.490 e. The van der Waals surface area contributed by atoms with E-state index in [1.54, 1.807) is 17.5 Å². The number of hydrogen-bond donors (Lipinski definition) is 2. The second-order valence-electron chi connectivity index (χ2n) is 5.91. The first-order valence-electron chi connectivity index (χ1n) is 7.79. The van der Waals surface area contributed by atoms with E-state index in [9.17, 15) is 9.90 Å². The molecule has 2 aromatic rings. The molecular weight excluding hydrogens is 296 g/mol. The maximum absolute atomic E-state index is 12.7. The second kappa shape index (κ2) is 6.17. The lowest BCUT2D eigenvalue weighted by atomic mass is 10.2. The van der Waals surface area contributed by atoms with Crippen molar-refractivity contribution in [1.82, 2.24) is 19.6 Å². The Balaban J connectivity index is 1.91. The van der Waals surface area contributed by atoms with Gasteiger partial charge in [-0.1, -0.05) is 0 Å². The van der Waals surface area contributed by atoms with Gasteiger partial charge in [0.2, 0.25) is 0 Å². The van der Waals surface area contributed by atoms with E-state index in [1.165, 1.54) is 0 Å². The number of pyridine rings is 1. The van der Waals surface area contributed by atoms with E-state index in [4.69, 9.17) is 4.74 Å². The van der Waals surface area contributed by atoms with Crippen LogP contribution in [0, 0.1) is 6.92 Å². The normalized spacial score (nSPS) is 21.7. The van der Waals surface area contributed by atoms with Crippen LogP contribution in [0.2, 0.25) is 0 Å². The van der Waals surface area contributed by atoms with Crippen LogP contribution >= 0.6 is 0 Å². The lowest BCUT2D eigenvalue weighted by Crippen LogP contribution is -2.43. The highest BCUT2D eigenvalue weighted by Crippen LogP contribution is 2.22. The maximum atomic E-state index is 12.7. The zero-order valence-electron chi connectivity index (χ0n) is 13.6. The van der Waals surface area contributed by atoms with Crippen molar-refractivity contribution in [2.24, 2.45) is 0 Å². The Morgan fingerprint density at radius 3 is 2.96 bits per heavy atom. The average Bonchev–Trinajstić information content (AvgIpc) is 2.98. The van der Waals surface area contributed by atoms with Gasteiger partial charge in [-0.15, -0.1) is 0 Å². The summed E-state index contributed by atoms with van der Waals surface area (Å²) in [6.07, 6.45) is 1.24. The number of fused-ring (bicyclic) bond motifs is 1. The fourth-order valence-electron chi connectivity index (χ4n) is 3.05. The molecule has 1 saturated heterocycles. The molecule has 3 heterocycles. The van der Waals surface area contributed by atoms with Crippen LogP contribution in [0.25, 0.3) is 5.65 Å². The first-order chi connectivity index (χ1) is 11.0. The van der Waals surface area contributed by atoms with Crippen LogP contribution < -0.4 is 10.1 Å². The Labute approximate surface area is 134 Å². The largest absolute Gasteiger partial charge is 0.490 e. The molecule has 0 spiro atoms. The summed E-state index contributed by atoms with van der Waals surface area (Å²) in [7, 11) is 1.92. The van der Waals surface area contributed by atoms with Crippen LogP contribution in [0.3, 0.4) is 0 Å². The number of hydrogen-bond acceptors (Lipinski definition) is 5. The summed E-state index contributed by atoms with van der Waals surface area (Å²) in [6.45, 7) is 5.44. The van der Waals surface area contributed by atoms with Gasteiger partial charge in [-0.3, -0.25) is 9.20 Å². The van der Waals surface area contributed by atoms with Gasteiger partial charge in [0.1, 0.15) is 5.69 Å². The van der Waals surface area contributed by atoms with Crippen molar-refractivity contribution in [3.8, 4) is 5.75 Å². The number of carbonyl (C=O) groups excluding carboxylic acids is 1. The third kappa shape index (κ3) is 2.89. The number of aliphatic hydroxyl groups excluding tert-OH is 1. The van der Waals surface area contributed by atoms with E-state index in [0.29, 0.717) is 42.5 Å². The van der Waals surface area contributed by atoms with Crippen molar-refractivity contribution >= 4 is 11.6 Å². The zero-order chi connectivity index (χ0) is 16.6. The van der Waals surface area contributed by atoms with Gasteiger partial charge >= 0.3 is 0 Å². The zero-order valence-corrected chi connectivity index (χ0v) is 13.6. The van der Waals surface area contributed by atoms with Crippen molar-refractivity contribution in [3.63, 3.8) is 0 Å². The van der Waals surface area contributed by atoms with E-state index >= 15 is 0 Å². The molecule has 0 aliphatic carbocycles. The molecule has 2 aromatic heterocycles. The molecule has 0 radical (unpaired) electrons. The highest BCUT2D eigenvalue weighted by atomic mass is 16.5. The molecule has 7 nitrogen and oxygen atoms in total. The number of imidazole rings is 1. The molecule has 0 bridgehead atoms. The summed E-state index contributed by atoms with van der Waals surface area (Å²) in [5, 5.41) is 12.9. The third-order valence-electron chi connectivity index (χ3n) is 4.09. The van der Waals surface area contributed by atoms with Crippen LogP contribution in [0.4, 0.5) is 0 Å². The van der Waals surface area contributed by atoms with Gasteiger partial charge in [0.15, 0.2) is 11.4 Å². The topological polar surface area (TPSA) is 79.1 Å². The summed E-state index contributed by atoms with van der Waals surface area (Å²) in [6, 6.07) is 3.39. The van der Waals surface area contributed by atoms with Crippen LogP contribution in [-0.2, 0) is 0 Å². The number of aromatic nitrogens is 2. The van der Waals surface area contributed by atoms with Gasteiger partial charge in [0.25, 0.3) is 5.91 Å². The molecule has 1 fully saturated rings. The summed E-state index contributed by atoms with van der Waals surface area (Å²) in [5.74, 6) is 0.417. The van der Waals surface area contributed by atoms with Crippen LogP contribution in [0.1, 0.15) is 23.1 Å². The monoisotopic (exact) mass is 318 g/mol. The number of rotatable bonds is 4. The highest BCUT2D eigenvalue weighted by molar-refractivity contribution is 5.95. The fourth-order valence-corrected chi connectivity index (χ4v) is 3.05. The minimum atomic E-state index is -0.553. The molecule has 2 N–H and O–H groups in total. The smallest absolute Gasteiger partial charge is 0.270 e. The Hall–Kier alpha value is -2.12. The van der Waals surface area contributed by atoms with Gasteiger partial charge in [-0.25, -0.2) is 4.98 Å². The number of aliphatic hydroxyl groups is 1. The first-order valence-corrected chi connectivity index (χ1v) is 7.79. The molecule has 0 saturated carbocycles. The maximum Gasteiger partial charge on any atom is 0.270 e. The Kier molecular flexibility index (Phi) is 4.23. The molecule has 2 atom stereocenters. The van der Waals surface area contributed by atoms with Crippen molar-refractivity contribution < 1.29 is 14.6 Å². The van der Waals surface area contributed by atoms with Gasteiger partial charge in [-0.05, 0) is 33.0 Å². The molecule has 124 valence electrons. The number of likely N-dealkylation sites (tertiary alicyclic amines) is 1. The molecule has 1 amide bonds. The van der Waals surface area contributed by atoms with Gasteiger partial charge in [-0.2, -0.15) is 0 Å². The highest BCUT2D eigenvalue weighted by Gasteiger charge is 2.31. The third-order valence-corrected chi connectivity index (χ3v) is 4.09. The molecule has 1 aliphatic heterocycles. The molecular formula is C16H22N4O3. The van der Waals surface area contributed by atoms with Crippen LogP contribution in [-0.4, -0.2) is 64.2 Å². The van der Waals surface area contributed by atoms with Gasteiger partial charge in [0, 0.05) is 19.3 Å². The summed E-state index contributed by atoms with van der Waals surface area (Å²) < 4.78 is 7.31. The molecule has 0 unspecified atom stereocenters. The number of amides is 1. The standard InChI is InChI=1S/C16H22N4O3/c1-4-23-13-6-5-7-20-14(10(2)17-15(13)20)16(22)18-11-8-19(3)9-12(11)21/h5-7,11-12,21H,4,8-9H2,1-3H3,(H,18,22)/t11-,12-/m0/s1. The Bertz CT molecular complexity index is 727. The van der Waals surface area contributed by atoms with Gasteiger partial charge < -0.3 is 20.1 Å². The Morgan fingerprint density at radius 1 is 1.52 bits per heavy atom. The number of likely N-dealkylation sites (N-methyl/N-ethyl adjacent to an activating group) is 1. The SMILES string of the molecule is CCOc1cccn2c(C(=O)N[C@H]3CN(C)C[C@@H]3O)c(C)nc12. The lowest BCUT2D eigenvalue weighted by Gasteiger charge is -2.15. The van der Waals surface area contributed by atoms with Crippen molar-refractivity contribution in [1.29, 1.82) is 0 Å². The number of nitrogens with one attached hydrogen (secondary N) is 1. The van der Waals surface area contributed by atoms with E-state index in [0.717, 1.165) is 0 Å². The van der Waals surface area contributed by atoms with E-state index in [2.05, 4.69) is 10.3 Å². The number of β-amino-alcohol motifs (C(OH)–C–C–N with tert-alkyl or cyclic N) is 1. The summed E-state index contributed by atoms with van der Waals surface area (Å²) in [5.41, 5.74) is 1.74. The van der Waals surface area contributed by atoms with E-state index < -0.39 is 6.10 Å². The number of nitrogens with zero attached hydrogens (tertiary/aromatic N) is 3. The molecule has 3 rings (SSSR count). The number of aryl methyl sites for hydroxylation is 1. The van der Waals surface area contributed by atoms with Crippen LogP contribution in [0.15, 0.2) is 18.3 Å². The minimum absolute atomic E-state index is 0.233. The summed E-state index contributed by atoms with van der Waals surface area (Å²) in [4.78, 5) is 19.1. The van der Waals surface area contributed by atoms with Crippen molar-refractivity contribution in [2.75, 3.05) is 26.7 Å².